The Morgan fingerprint density at radius 1 is 1.27 bits per heavy atom. The lowest BCUT2D eigenvalue weighted by Gasteiger charge is -2.26. The van der Waals surface area contributed by atoms with E-state index in [1.807, 2.05) is 36.0 Å². The van der Waals surface area contributed by atoms with Crippen molar-refractivity contribution in [3.63, 3.8) is 0 Å². The van der Waals surface area contributed by atoms with Gasteiger partial charge in [-0.1, -0.05) is 37.6 Å². The van der Waals surface area contributed by atoms with E-state index >= 15 is 0 Å². The molecule has 0 unspecified atom stereocenters. The fourth-order valence-corrected chi connectivity index (χ4v) is 2.86. The van der Waals surface area contributed by atoms with Gasteiger partial charge in [-0.25, -0.2) is 4.99 Å². The first kappa shape index (κ1) is 22.8. The molecular formula is C19H29ClIN5. The molecule has 2 N–H and O–H groups in total. The minimum atomic E-state index is 0. The highest BCUT2D eigenvalue weighted by atomic mass is 127. The lowest BCUT2D eigenvalue weighted by atomic mass is 9.86. The van der Waals surface area contributed by atoms with Crippen molar-refractivity contribution in [3.8, 4) is 0 Å². The Hall–Kier alpha value is -1.28. The van der Waals surface area contributed by atoms with Crippen LogP contribution in [0.2, 0.25) is 5.02 Å². The minimum Gasteiger partial charge on any atom is -0.357 e. The van der Waals surface area contributed by atoms with Crippen LogP contribution in [0.15, 0.2) is 41.5 Å². The van der Waals surface area contributed by atoms with E-state index in [9.17, 15) is 0 Å². The number of aryl methyl sites for hydroxylation is 1. The third kappa shape index (κ3) is 7.53. The topological polar surface area (TPSA) is 54.2 Å². The number of aromatic nitrogens is 2. The van der Waals surface area contributed by atoms with Crippen LogP contribution in [0.5, 0.6) is 0 Å². The van der Waals surface area contributed by atoms with Gasteiger partial charge in [-0.3, -0.25) is 4.68 Å². The normalized spacial score (nSPS) is 11.8. The van der Waals surface area contributed by atoms with Gasteiger partial charge in [0.25, 0.3) is 0 Å². The van der Waals surface area contributed by atoms with Crippen LogP contribution < -0.4 is 10.6 Å². The summed E-state index contributed by atoms with van der Waals surface area (Å²) in [5.41, 5.74) is 2.40. The standard InChI is InChI=1S/C19H28ClN5.HI/c1-5-21-18(22-13-17-9-10-24-25(17)4)23-14-19(2,3)12-15-7-6-8-16(20)11-15;/h6-11H,5,12-14H2,1-4H3,(H2,21,22,23);1H. The van der Waals surface area contributed by atoms with Crippen LogP contribution in [0, 0.1) is 5.41 Å². The first-order chi connectivity index (χ1) is 11.9. The van der Waals surface area contributed by atoms with E-state index in [-0.39, 0.29) is 29.4 Å². The third-order valence-electron chi connectivity index (χ3n) is 3.97. The van der Waals surface area contributed by atoms with Crippen molar-refractivity contribution in [1.82, 2.24) is 20.4 Å². The summed E-state index contributed by atoms with van der Waals surface area (Å²) < 4.78 is 1.84. The number of benzene rings is 1. The Labute approximate surface area is 178 Å². The summed E-state index contributed by atoms with van der Waals surface area (Å²) in [7, 11) is 1.93. The van der Waals surface area contributed by atoms with Gasteiger partial charge in [0.1, 0.15) is 0 Å². The second-order valence-electron chi connectivity index (χ2n) is 6.97. The van der Waals surface area contributed by atoms with Gasteiger partial charge < -0.3 is 10.6 Å². The summed E-state index contributed by atoms with van der Waals surface area (Å²) in [5, 5.41) is 11.7. The summed E-state index contributed by atoms with van der Waals surface area (Å²) in [5.74, 6) is 0.822. The minimum absolute atomic E-state index is 0. The molecule has 0 aliphatic heterocycles. The quantitative estimate of drug-likeness (QED) is 0.351. The molecule has 0 aliphatic rings. The van der Waals surface area contributed by atoms with Crippen molar-refractivity contribution in [2.75, 3.05) is 13.1 Å². The van der Waals surface area contributed by atoms with Gasteiger partial charge >= 0.3 is 0 Å². The molecule has 0 spiro atoms. The fourth-order valence-electron chi connectivity index (χ4n) is 2.64. The SMILES string of the molecule is CCNC(=NCc1ccnn1C)NCC(C)(C)Cc1cccc(Cl)c1.I. The van der Waals surface area contributed by atoms with Gasteiger partial charge in [0.2, 0.25) is 0 Å². The zero-order valence-electron chi connectivity index (χ0n) is 15.9. The van der Waals surface area contributed by atoms with Gasteiger partial charge in [-0.15, -0.1) is 24.0 Å². The van der Waals surface area contributed by atoms with Gasteiger partial charge in [-0.2, -0.15) is 5.10 Å². The maximum atomic E-state index is 6.09. The maximum absolute atomic E-state index is 6.09. The second kappa shape index (κ2) is 10.8. The number of guanidine groups is 1. The third-order valence-corrected chi connectivity index (χ3v) is 4.21. The van der Waals surface area contributed by atoms with Gasteiger partial charge in [0.15, 0.2) is 5.96 Å². The van der Waals surface area contributed by atoms with E-state index in [0.717, 1.165) is 36.2 Å². The highest BCUT2D eigenvalue weighted by Crippen LogP contribution is 2.22. The van der Waals surface area contributed by atoms with Crippen molar-refractivity contribution < 1.29 is 0 Å². The first-order valence-electron chi connectivity index (χ1n) is 8.63. The van der Waals surface area contributed by atoms with E-state index in [1.165, 1.54) is 5.56 Å². The molecule has 0 saturated carbocycles. The molecule has 0 atom stereocenters. The number of rotatable bonds is 7. The molecule has 1 heterocycles. The molecule has 0 bridgehead atoms. The van der Waals surface area contributed by atoms with Gasteiger partial charge in [0.05, 0.1) is 12.2 Å². The molecule has 1 aromatic heterocycles. The van der Waals surface area contributed by atoms with Gasteiger partial charge in [-0.05, 0) is 42.5 Å². The molecule has 0 amide bonds. The number of aliphatic imine (C=N–C) groups is 1. The fraction of sp³-hybridized carbons (Fsp3) is 0.474. The van der Waals surface area contributed by atoms with Gasteiger partial charge in [0, 0.05) is 31.4 Å². The summed E-state index contributed by atoms with van der Waals surface area (Å²) in [6.45, 7) is 8.79. The van der Waals surface area contributed by atoms with Crippen LogP contribution in [0.4, 0.5) is 0 Å². The molecule has 2 aromatic rings. The maximum Gasteiger partial charge on any atom is 0.191 e. The molecule has 7 heteroatoms. The number of nitrogens with zero attached hydrogens (tertiary/aromatic N) is 3. The Kier molecular flexibility index (Phi) is 9.43. The summed E-state index contributed by atoms with van der Waals surface area (Å²) >= 11 is 6.09. The zero-order valence-corrected chi connectivity index (χ0v) is 19.0. The molecule has 2 rings (SSSR count). The number of halogens is 2. The summed E-state index contributed by atoms with van der Waals surface area (Å²) in [6.07, 6.45) is 2.74. The lowest BCUT2D eigenvalue weighted by Crippen LogP contribution is -2.42. The lowest BCUT2D eigenvalue weighted by molar-refractivity contribution is 0.359. The average Bonchev–Trinajstić information content (AvgIpc) is 2.95. The Bertz CT molecular complexity index is 711. The molecule has 5 nitrogen and oxygen atoms in total. The predicted octanol–water partition coefficient (Wildman–Crippen LogP) is 4.02. The van der Waals surface area contributed by atoms with E-state index in [0.29, 0.717) is 6.54 Å². The highest BCUT2D eigenvalue weighted by molar-refractivity contribution is 14.0. The van der Waals surface area contributed by atoms with E-state index in [1.54, 1.807) is 6.20 Å². The summed E-state index contributed by atoms with van der Waals surface area (Å²) in [4.78, 5) is 4.65. The Morgan fingerprint density at radius 3 is 2.65 bits per heavy atom. The number of nitrogens with one attached hydrogen (secondary N) is 2. The number of hydrogen-bond acceptors (Lipinski definition) is 2. The zero-order chi connectivity index (χ0) is 18.3. The van der Waals surface area contributed by atoms with Crippen LogP contribution in [0.3, 0.4) is 0 Å². The summed E-state index contributed by atoms with van der Waals surface area (Å²) in [6, 6.07) is 10.0. The molecular weight excluding hydrogens is 461 g/mol. The number of hydrogen-bond donors (Lipinski definition) is 2. The van der Waals surface area contributed by atoms with Crippen LogP contribution in [-0.2, 0) is 20.0 Å². The first-order valence-corrected chi connectivity index (χ1v) is 9.01. The molecule has 1 aromatic carbocycles. The molecule has 0 saturated heterocycles. The van der Waals surface area contributed by atoms with Crippen LogP contribution in [0.1, 0.15) is 32.0 Å². The van der Waals surface area contributed by atoms with Crippen LogP contribution in [0.25, 0.3) is 0 Å². The van der Waals surface area contributed by atoms with E-state index in [2.05, 4.69) is 47.6 Å². The molecule has 0 fully saturated rings. The molecule has 26 heavy (non-hydrogen) atoms. The van der Waals surface area contributed by atoms with Crippen LogP contribution in [-0.4, -0.2) is 28.8 Å². The highest BCUT2D eigenvalue weighted by Gasteiger charge is 2.19. The molecule has 0 radical (unpaired) electrons. The Balaban J connectivity index is 0.00000338. The van der Waals surface area contributed by atoms with Crippen molar-refractivity contribution >= 4 is 41.5 Å². The molecule has 144 valence electrons. The second-order valence-corrected chi connectivity index (χ2v) is 7.40. The van der Waals surface area contributed by atoms with Crippen molar-refractivity contribution in [2.45, 2.75) is 33.7 Å². The van der Waals surface area contributed by atoms with Crippen molar-refractivity contribution in [2.24, 2.45) is 17.5 Å². The monoisotopic (exact) mass is 489 g/mol. The Morgan fingerprint density at radius 2 is 2.04 bits per heavy atom. The van der Waals surface area contributed by atoms with Crippen molar-refractivity contribution in [3.05, 3.63) is 52.8 Å². The molecule has 0 aliphatic carbocycles. The predicted molar refractivity (Wildman–Crippen MR) is 120 cm³/mol. The largest absolute Gasteiger partial charge is 0.357 e. The average molecular weight is 490 g/mol. The van der Waals surface area contributed by atoms with Crippen LogP contribution >= 0.6 is 35.6 Å². The smallest absolute Gasteiger partial charge is 0.191 e. The van der Waals surface area contributed by atoms with Crippen molar-refractivity contribution in [1.29, 1.82) is 0 Å². The van der Waals surface area contributed by atoms with E-state index in [4.69, 9.17) is 11.6 Å². The van der Waals surface area contributed by atoms with E-state index < -0.39 is 0 Å².